The maximum atomic E-state index is 5.91. The topological polar surface area (TPSA) is 26.0 Å². The van der Waals surface area contributed by atoms with Gasteiger partial charge in [-0.05, 0) is 54.5 Å². The van der Waals surface area contributed by atoms with Crippen LogP contribution in [0, 0.1) is 0 Å². The van der Waals surface area contributed by atoms with Crippen LogP contribution in [0.3, 0.4) is 0 Å². The van der Waals surface area contributed by atoms with E-state index < -0.39 is 0 Å². The molecule has 2 aromatic rings. The van der Waals surface area contributed by atoms with Gasteiger partial charge in [-0.15, -0.1) is 11.8 Å². The number of nitrogens with two attached hydrogens (primary N) is 1. The highest BCUT2D eigenvalue weighted by Crippen LogP contribution is 2.25. The molecule has 1 nitrogen and oxygen atoms in total. The number of thioether (sulfide) groups is 1. The number of hydrogen-bond donors (Lipinski definition) is 1. The van der Waals surface area contributed by atoms with E-state index in [1.807, 2.05) is 30.0 Å². The highest BCUT2D eigenvalue weighted by atomic mass is 35.5. The van der Waals surface area contributed by atoms with Gasteiger partial charge in [-0.2, -0.15) is 0 Å². The largest absolute Gasteiger partial charge is 0.330 e. The summed E-state index contributed by atoms with van der Waals surface area (Å²) in [6.45, 7) is 0.678. The van der Waals surface area contributed by atoms with Crippen LogP contribution in [0.15, 0.2) is 59.5 Å². The van der Waals surface area contributed by atoms with Crippen molar-refractivity contribution in [2.24, 2.45) is 5.73 Å². The van der Waals surface area contributed by atoms with Gasteiger partial charge in [0.1, 0.15) is 0 Å². The average molecular weight is 292 g/mol. The Balaban J connectivity index is 1.87. The maximum Gasteiger partial charge on any atom is 0.0406 e. The second-order valence-electron chi connectivity index (χ2n) is 4.43. The fourth-order valence-corrected chi connectivity index (χ4v) is 3.10. The molecule has 0 saturated carbocycles. The summed E-state index contributed by atoms with van der Waals surface area (Å²) in [5.74, 6) is 1.49. The molecule has 0 amide bonds. The van der Waals surface area contributed by atoms with Crippen LogP contribution < -0.4 is 5.73 Å². The summed E-state index contributed by atoms with van der Waals surface area (Å²) >= 11 is 7.79. The maximum absolute atomic E-state index is 5.91. The zero-order valence-corrected chi connectivity index (χ0v) is 12.3. The number of hydrogen-bond acceptors (Lipinski definition) is 2. The molecule has 100 valence electrons. The third-order valence-corrected chi connectivity index (χ3v) is 4.40. The quantitative estimate of drug-likeness (QED) is 0.789. The fraction of sp³-hybridized carbons (Fsp3) is 0.250. The predicted molar refractivity (Wildman–Crippen MR) is 85.0 cm³/mol. The molecule has 0 aliphatic carbocycles. The van der Waals surface area contributed by atoms with E-state index in [4.69, 9.17) is 17.3 Å². The summed E-state index contributed by atoms with van der Waals surface area (Å²) in [5.41, 5.74) is 7.16. The lowest BCUT2D eigenvalue weighted by Gasteiger charge is -2.15. The van der Waals surface area contributed by atoms with Crippen molar-refractivity contribution in [1.29, 1.82) is 0 Å². The Bertz CT molecular complexity index is 484. The van der Waals surface area contributed by atoms with Gasteiger partial charge in [0.05, 0.1) is 0 Å². The molecular formula is C16H18ClNS. The van der Waals surface area contributed by atoms with Crippen molar-refractivity contribution in [2.75, 3.05) is 12.3 Å². The van der Waals surface area contributed by atoms with E-state index in [1.54, 1.807) is 0 Å². The van der Waals surface area contributed by atoms with Crippen LogP contribution in [0.2, 0.25) is 5.02 Å². The lowest BCUT2D eigenvalue weighted by Crippen LogP contribution is -2.13. The Hall–Kier alpha value is -0.960. The number of rotatable bonds is 6. The molecule has 0 saturated heterocycles. The van der Waals surface area contributed by atoms with Crippen LogP contribution in [0.1, 0.15) is 17.9 Å². The van der Waals surface area contributed by atoms with Gasteiger partial charge in [0.25, 0.3) is 0 Å². The monoisotopic (exact) mass is 291 g/mol. The van der Waals surface area contributed by atoms with Gasteiger partial charge in [-0.1, -0.05) is 41.9 Å². The summed E-state index contributed by atoms with van der Waals surface area (Å²) in [4.78, 5) is 1.31. The minimum atomic E-state index is 0.411. The van der Waals surface area contributed by atoms with Crippen LogP contribution in [0.25, 0.3) is 0 Å². The first-order valence-corrected chi connectivity index (χ1v) is 7.79. The first-order chi connectivity index (χ1) is 9.29. The van der Waals surface area contributed by atoms with Crippen molar-refractivity contribution in [3.63, 3.8) is 0 Å². The van der Waals surface area contributed by atoms with E-state index in [2.05, 4.69) is 36.4 Å². The van der Waals surface area contributed by atoms with Gasteiger partial charge in [0.2, 0.25) is 0 Å². The summed E-state index contributed by atoms with van der Waals surface area (Å²) < 4.78 is 0. The first kappa shape index (κ1) is 14.4. The van der Waals surface area contributed by atoms with Crippen LogP contribution in [-0.2, 0) is 0 Å². The van der Waals surface area contributed by atoms with Crippen LogP contribution >= 0.6 is 23.4 Å². The van der Waals surface area contributed by atoms with E-state index in [0.717, 1.165) is 17.2 Å². The standard InChI is InChI=1S/C16H18ClNS/c17-15-8-6-13(7-9-15)14(12-18)10-11-19-16-4-2-1-3-5-16/h1-9,14H,10-12,18H2. The SMILES string of the molecule is NCC(CCSc1ccccc1)c1ccc(Cl)cc1. The molecule has 0 spiro atoms. The van der Waals surface area contributed by atoms with Crippen molar-refractivity contribution in [3.05, 3.63) is 65.2 Å². The zero-order valence-electron chi connectivity index (χ0n) is 10.8. The fourth-order valence-electron chi connectivity index (χ4n) is 1.99. The second-order valence-corrected chi connectivity index (χ2v) is 6.04. The first-order valence-electron chi connectivity index (χ1n) is 6.43. The Morgan fingerprint density at radius 1 is 1.00 bits per heavy atom. The van der Waals surface area contributed by atoms with Gasteiger partial charge in [0, 0.05) is 9.92 Å². The zero-order chi connectivity index (χ0) is 13.5. The van der Waals surface area contributed by atoms with Gasteiger partial charge in [-0.3, -0.25) is 0 Å². The molecule has 0 aliphatic rings. The van der Waals surface area contributed by atoms with E-state index >= 15 is 0 Å². The molecule has 2 N–H and O–H groups in total. The predicted octanol–water partition coefficient (Wildman–Crippen LogP) is 4.56. The van der Waals surface area contributed by atoms with Crippen LogP contribution in [0.5, 0.6) is 0 Å². The van der Waals surface area contributed by atoms with Crippen molar-refractivity contribution in [1.82, 2.24) is 0 Å². The van der Waals surface area contributed by atoms with E-state index in [9.17, 15) is 0 Å². The third kappa shape index (κ3) is 4.57. The molecule has 0 aliphatic heterocycles. The molecule has 3 heteroatoms. The van der Waals surface area contributed by atoms with Gasteiger partial charge >= 0.3 is 0 Å². The van der Waals surface area contributed by atoms with E-state index in [1.165, 1.54) is 10.5 Å². The average Bonchev–Trinajstić information content (AvgIpc) is 2.46. The summed E-state index contributed by atoms with van der Waals surface area (Å²) in [5, 5.41) is 0.776. The molecule has 1 unspecified atom stereocenters. The Labute approximate surface area is 124 Å². The summed E-state index contributed by atoms with van der Waals surface area (Å²) in [6, 6.07) is 18.5. The molecule has 0 fully saturated rings. The van der Waals surface area contributed by atoms with Crippen molar-refractivity contribution in [2.45, 2.75) is 17.2 Å². The molecule has 0 bridgehead atoms. The second kappa shape index (κ2) is 7.59. The Morgan fingerprint density at radius 2 is 1.68 bits per heavy atom. The molecule has 0 heterocycles. The third-order valence-electron chi connectivity index (χ3n) is 3.10. The Kier molecular flexibility index (Phi) is 5.77. The van der Waals surface area contributed by atoms with Gasteiger partial charge in [0.15, 0.2) is 0 Å². The molecule has 2 rings (SSSR count). The van der Waals surface area contributed by atoms with Crippen LogP contribution in [-0.4, -0.2) is 12.3 Å². The Morgan fingerprint density at radius 3 is 2.32 bits per heavy atom. The van der Waals surface area contributed by atoms with Gasteiger partial charge < -0.3 is 5.73 Å². The normalized spacial score (nSPS) is 12.3. The molecule has 2 aromatic carbocycles. The summed E-state index contributed by atoms with van der Waals surface area (Å²) in [7, 11) is 0. The van der Waals surface area contributed by atoms with Crippen molar-refractivity contribution in [3.8, 4) is 0 Å². The minimum absolute atomic E-state index is 0.411. The van der Waals surface area contributed by atoms with E-state index in [0.29, 0.717) is 12.5 Å². The number of benzene rings is 2. The highest BCUT2D eigenvalue weighted by Gasteiger charge is 2.09. The van der Waals surface area contributed by atoms with E-state index in [-0.39, 0.29) is 0 Å². The van der Waals surface area contributed by atoms with Crippen LogP contribution in [0.4, 0.5) is 0 Å². The van der Waals surface area contributed by atoms with Crippen molar-refractivity contribution >= 4 is 23.4 Å². The van der Waals surface area contributed by atoms with Gasteiger partial charge in [-0.25, -0.2) is 0 Å². The van der Waals surface area contributed by atoms with Crippen molar-refractivity contribution < 1.29 is 0 Å². The molecule has 0 radical (unpaired) electrons. The highest BCUT2D eigenvalue weighted by molar-refractivity contribution is 7.99. The molecule has 0 aromatic heterocycles. The number of halogens is 1. The lowest BCUT2D eigenvalue weighted by molar-refractivity contribution is 0.680. The molecule has 19 heavy (non-hydrogen) atoms. The molecular weight excluding hydrogens is 274 g/mol. The lowest BCUT2D eigenvalue weighted by atomic mass is 9.97. The molecule has 1 atom stereocenters. The summed E-state index contributed by atoms with van der Waals surface area (Å²) in [6.07, 6.45) is 1.08. The minimum Gasteiger partial charge on any atom is -0.330 e. The smallest absolute Gasteiger partial charge is 0.0406 e.